The number of carboxylic acids is 1. The first kappa shape index (κ1) is 12.0. The number of methoxy groups -OCH3 is 1. The topological polar surface area (TPSA) is 72.6 Å². The zero-order valence-electron chi connectivity index (χ0n) is 9.11. The zero-order valence-corrected chi connectivity index (χ0v) is 9.11. The van der Waals surface area contributed by atoms with Gasteiger partial charge in [-0.05, 0) is 12.1 Å². The molecule has 5 nitrogen and oxygen atoms in total. The third kappa shape index (κ3) is 1.90. The molecule has 0 aliphatic carbocycles. The Bertz CT molecular complexity index is 609. The minimum absolute atomic E-state index is 0.0157. The highest BCUT2D eigenvalue weighted by Gasteiger charge is 2.21. The van der Waals surface area contributed by atoms with Gasteiger partial charge >= 0.3 is 5.97 Å². The lowest BCUT2D eigenvalue weighted by atomic mass is 10.1. The van der Waals surface area contributed by atoms with E-state index in [-0.39, 0.29) is 17.1 Å². The van der Waals surface area contributed by atoms with Crippen LogP contribution in [0.2, 0.25) is 0 Å². The molecule has 2 rings (SSSR count). The van der Waals surface area contributed by atoms with E-state index in [0.717, 1.165) is 12.1 Å². The highest BCUT2D eigenvalue weighted by molar-refractivity contribution is 5.86. The first-order valence-corrected chi connectivity index (χ1v) is 4.77. The quantitative estimate of drug-likeness (QED) is 0.911. The van der Waals surface area contributed by atoms with E-state index in [4.69, 9.17) is 9.84 Å². The van der Waals surface area contributed by atoms with Gasteiger partial charge in [0, 0.05) is 6.07 Å². The first-order valence-electron chi connectivity index (χ1n) is 4.77. The van der Waals surface area contributed by atoms with Gasteiger partial charge in [0.25, 0.3) is 0 Å². The van der Waals surface area contributed by atoms with E-state index in [0.29, 0.717) is 0 Å². The molecule has 18 heavy (non-hydrogen) atoms. The van der Waals surface area contributed by atoms with Gasteiger partial charge in [-0.2, -0.15) is 0 Å². The van der Waals surface area contributed by atoms with E-state index in [1.165, 1.54) is 13.2 Å². The number of rotatable bonds is 3. The summed E-state index contributed by atoms with van der Waals surface area (Å²) in [7, 11) is 1.27. The van der Waals surface area contributed by atoms with Crippen molar-refractivity contribution >= 4 is 5.97 Å². The SMILES string of the molecule is COc1ccc(F)c(F)c1-c1cc(C(=O)O)no1. The van der Waals surface area contributed by atoms with Crippen LogP contribution in [0.1, 0.15) is 10.5 Å². The van der Waals surface area contributed by atoms with Crippen LogP contribution >= 0.6 is 0 Å². The van der Waals surface area contributed by atoms with Crippen LogP contribution in [-0.2, 0) is 0 Å². The van der Waals surface area contributed by atoms with E-state index < -0.39 is 23.3 Å². The molecule has 94 valence electrons. The third-order valence-corrected chi connectivity index (χ3v) is 2.25. The fraction of sp³-hybridized carbons (Fsp3) is 0.0909. The van der Waals surface area contributed by atoms with Gasteiger partial charge in [0.15, 0.2) is 23.1 Å². The molecule has 7 heteroatoms. The number of hydrogen-bond donors (Lipinski definition) is 1. The molecule has 0 radical (unpaired) electrons. The Morgan fingerprint density at radius 1 is 1.44 bits per heavy atom. The van der Waals surface area contributed by atoms with Gasteiger partial charge in [-0.1, -0.05) is 5.16 Å². The molecule has 0 fully saturated rings. The summed E-state index contributed by atoms with van der Waals surface area (Å²) >= 11 is 0. The summed E-state index contributed by atoms with van der Waals surface area (Å²) in [6.07, 6.45) is 0. The van der Waals surface area contributed by atoms with Gasteiger partial charge in [-0.25, -0.2) is 13.6 Å². The summed E-state index contributed by atoms with van der Waals surface area (Å²) in [5.41, 5.74) is -0.715. The van der Waals surface area contributed by atoms with E-state index in [1.807, 2.05) is 0 Å². The monoisotopic (exact) mass is 255 g/mol. The van der Waals surface area contributed by atoms with Crippen LogP contribution in [0.5, 0.6) is 5.75 Å². The second-order valence-electron chi connectivity index (χ2n) is 3.32. The summed E-state index contributed by atoms with van der Waals surface area (Å²) in [6, 6.07) is 3.09. The number of carbonyl (C=O) groups is 1. The molecule has 0 unspecified atom stereocenters. The van der Waals surface area contributed by atoms with Crippen molar-refractivity contribution < 1.29 is 27.9 Å². The number of halogens is 2. The Hall–Kier alpha value is -2.44. The molecule has 1 aromatic carbocycles. The highest BCUT2D eigenvalue weighted by atomic mass is 19.2. The average Bonchev–Trinajstić information content (AvgIpc) is 2.81. The molecule has 0 saturated heterocycles. The maximum Gasteiger partial charge on any atom is 0.358 e. The van der Waals surface area contributed by atoms with Crippen LogP contribution in [0, 0.1) is 11.6 Å². The van der Waals surface area contributed by atoms with Crippen LogP contribution in [0.3, 0.4) is 0 Å². The van der Waals surface area contributed by atoms with Gasteiger partial charge in [-0.3, -0.25) is 0 Å². The van der Waals surface area contributed by atoms with Crippen molar-refractivity contribution in [2.75, 3.05) is 7.11 Å². The van der Waals surface area contributed by atoms with E-state index >= 15 is 0 Å². The highest BCUT2D eigenvalue weighted by Crippen LogP contribution is 2.34. The molecule has 1 heterocycles. The van der Waals surface area contributed by atoms with Crippen molar-refractivity contribution in [3.63, 3.8) is 0 Å². The normalized spacial score (nSPS) is 10.4. The van der Waals surface area contributed by atoms with Gasteiger partial charge in [0.05, 0.1) is 7.11 Å². The van der Waals surface area contributed by atoms with Crippen molar-refractivity contribution in [3.05, 3.63) is 35.5 Å². The summed E-state index contributed by atoms with van der Waals surface area (Å²) in [4.78, 5) is 10.6. The molecular weight excluding hydrogens is 248 g/mol. The van der Waals surface area contributed by atoms with E-state index in [1.54, 1.807) is 0 Å². The number of ether oxygens (including phenoxy) is 1. The predicted molar refractivity (Wildman–Crippen MR) is 55.4 cm³/mol. The molecule has 2 aromatic rings. The van der Waals surface area contributed by atoms with Crippen LogP contribution in [0.25, 0.3) is 11.3 Å². The first-order chi connectivity index (χ1) is 8.54. The largest absolute Gasteiger partial charge is 0.496 e. The summed E-state index contributed by atoms with van der Waals surface area (Å²) in [5.74, 6) is -3.83. The minimum Gasteiger partial charge on any atom is -0.496 e. The van der Waals surface area contributed by atoms with Crippen LogP contribution in [-0.4, -0.2) is 23.3 Å². The van der Waals surface area contributed by atoms with Gasteiger partial charge < -0.3 is 14.4 Å². The second kappa shape index (κ2) is 4.44. The molecule has 0 atom stereocenters. The number of benzene rings is 1. The fourth-order valence-electron chi connectivity index (χ4n) is 1.43. The number of nitrogens with zero attached hydrogens (tertiary/aromatic N) is 1. The molecule has 0 saturated carbocycles. The maximum absolute atomic E-state index is 13.7. The lowest BCUT2D eigenvalue weighted by Gasteiger charge is -2.06. The van der Waals surface area contributed by atoms with Crippen molar-refractivity contribution in [3.8, 4) is 17.1 Å². The summed E-state index contributed by atoms with van der Waals surface area (Å²) in [5, 5.41) is 11.9. The summed E-state index contributed by atoms with van der Waals surface area (Å²) < 4.78 is 36.3. The average molecular weight is 255 g/mol. The number of hydrogen-bond acceptors (Lipinski definition) is 4. The fourth-order valence-corrected chi connectivity index (χ4v) is 1.43. The Kier molecular flexibility index (Phi) is 2.97. The number of carboxylic acid groups (broad SMARTS) is 1. The van der Waals surface area contributed by atoms with Crippen LogP contribution in [0.15, 0.2) is 22.7 Å². The van der Waals surface area contributed by atoms with Gasteiger partial charge in [-0.15, -0.1) is 0 Å². The third-order valence-electron chi connectivity index (χ3n) is 2.25. The Morgan fingerprint density at radius 3 is 2.72 bits per heavy atom. The standard InChI is InChI=1S/C11H7F2NO4/c1-17-7-3-2-5(12)10(13)9(7)8-4-6(11(15)16)14-18-8/h2-4H,1H3,(H,15,16). The molecule has 0 spiro atoms. The smallest absolute Gasteiger partial charge is 0.358 e. The predicted octanol–water partition coefficient (Wildman–Crippen LogP) is 2.33. The van der Waals surface area contributed by atoms with Crippen LogP contribution in [0.4, 0.5) is 8.78 Å². The molecule has 1 aromatic heterocycles. The number of aromatic nitrogens is 1. The lowest BCUT2D eigenvalue weighted by molar-refractivity contribution is 0.0686. The maximum atomic E-state index is 13.7. The Morgan fingerprint density at radius 2 is 2.17 bits per heavy atom. The van der Waals surface area contributed by atoms with Crippen molar-refractivity contribution in [1.82, 2.24) is 5.16 Å². The van der Waals surface area contributed by atoms with Crippen LogP contribution < -0.4 is 4.74 Å². The lowest BCUT2D eigenvalue weighted by Crippen LogP contribution is -1.95. The molecule has 0 aliphatic rings. The van der Waals surface area contributed by atoms with Crippen molar-refractivity contribution in [1.29, 1.82) is 0 Å². The van der Waals surface area contributed by atoms with Crippen molar-refractivity contribution in [2.24, 2.45) is 0 Å². The Labute approximate surface area is 99.6 Å². The van der Waals surface area contributed by atoms with Crippen molar-refractivity contribution in [2.45, 2.75) is 0 Å². The molecule has 0 bridgehead atoms. The van der Waals surface area contributed by atoms with E-state index in [9.17, 15) is 13.6 Å². The number of aromatic carboxylic acids is 1. The molecule has 1 N–H and O–H groups in total. The second-order valence-corrected chi connectivity index (χ2v) is 3.32. The van der Waals surface area contributed by atoms with Gasteiger partial charge in [0.2, 0.25) is 0 Å². The Balaban J connectivity index is 2.61. The van der Waals surface area contributed by atoms with E-state index in [2.05, 4.69) is 9.68 Å². The zero-order chi connectivity index (χ0) is 13.3. The van der Waals surface area contributed by atoms with Gasteiger partial charge in [0.1, 0.15) is 11.3 Å². The minimum atomic E-state index is -1.33. The molecule has 0 aliphatic heterocycles. The summed E-state index contributed by atoms with van der Waals surface area (Å²) in [6.45, 7) is 0. The molecule has 0 amide bonds. The molecular formula is C11H7F2NO4.